The largest absolute Gasteiger partial charge is 0.492 e. The Balaban J connectivity index is 2.97. The zero-order valence-electron chi connectivity index (χ0n) is 8.73. The SMILES string of the molecule is COC(=O)c1ccc(OCCCl)c(C=O)c1. The Morgan fingerprint density at radius 3 is 2.81 bits per heavy atom. The number of benzene rings is 1. The Morgan fingerprint density at radius 2 is 2.25 bits per heavy atom. The second kappa shape index (κ2) is 6.12. The van der Waals surface area contributed by atoms with Gasteiger partial charge in [-0.2, -0.15) is 0 Å². The molecule has 0 atom stereocenters. The van der Waals surface area contributed by atoms with E-state index in [-0.39, 0.29) is 0 Å². The molecule has 16 heavy (non-hydrogen) atoms. The van der Waals surface area contributed by atoms with E-state index in [1.165, 1.54) is 19.2 Å². The van der Waals surface area contributed by atoms with Crippen molar-refractivity contribution in [3.05, 3.63) is 29.3 Å². The Bertz CT molecular complexity index is 390. The summed E-state index contributed by atoms with van der Waals surface area (Å²) in [6.45, 7) is 0.306. The molecule has 5 heteroatoms. The number of rotatable bonds is 5. The molecule has 0 heterocycles. The quantitative estimate of drug-likeness (QED) is 0.450. The van der Waals surface area contributed by atoms with Crippen LogP contribution in [0.4, 0.5) is 0 Å². The molecule has 86 valence electrons. The van der Waals surface area contributed by atoms with E-state index in [4.69, 9.17) is 16.3 Å². The van der Waals surface area contributed by atoms with E-state index >= 15 is 0 Å². The number of halogens is 1. The number of ether oxygens (including phenoxy) is 2. The molecule has 0 N–H and O–H groups in total. The molecule has 0 unspecified atom stereocenters. The second-order valence-corrected chi connectivity index (χ2v) is 3.28. The van der Waals surface area contributed by atoms with Gasteiger partial charge in [-0.1, -0.05) is 0 Å². The number of hydrogen-bond acceptors (Lipinski definition) is 4. The van der Waals surface area contributed by atoms with E-state index in [0.717, 1.165) is 0 Å². The summed E-state index contributed by atoms with van der Waals surface area (Å²) in [5.74, 6) is 0.243. The third-order valence-electron chi connectivity index (χ3n) is 1.89. The summed E-state index contributed by atoms with van der Waals surface area (Å²) in [7, 11) is 1.28. The van der Waals surface area contributed by atoms with E-state index in [0.29, 0.717) is 35.6 Å². The van der Waals surface area contributed by atoms with E-state index in [9.17, 15) is 9.59 Å². The van der Waals surface area contributed by atoms with Crippen LogP contribution in [0.2, 0.25) is 0 Å². The van der Waals surface area contributed by atoms with Crippen molar-refractivity contribution in [2.45, 2.75) is 0 Å². The highest BCUT2D eigenvalue weighted by Crippen LogP contribution is 2.19. The molecule has 4 nitrogen and oxygen atoms in total. The van der Waals surface area contributed by atoms with Gasteiger partial charge in [-0.15, -0.1) is 11.6 Å². The number of esters is 1. The summed E-state index contributed by atoms with van der Waals surface area (Å²) < 4.78 is 9.77. The van der Waals surface area contributed by atoms with Crippen LogP contribution in [0.3, 0.4) is 0 Å². The van der Waals surface area contributed by atoms with Crippen molar-refractivity contribution in [1.82, 2.24) is 0 Å². The van der Waals surface area contributed by atoms with Gasteiger partial charge in [0.1, 0.15) is 12.4 Å². The van der Waals surface area contributed by atoms with Crippen LogP contribution in [0.1, 0.15) is 20.7 Å². The van der Waals surface area contributed by atoms with Gasteiger partial charge >= 0.3 is 5.97 Å². The topological polar surface area (TPSA) is 52.6 Å². The number of aldehydes is 1. The summed E-state index contributed by atoms with van der Waals surface area (Å²) in [6, 6.07) is 4.49. The van der Waals surface area contributed by atoms with E-state index in [2.05, 4.69) is 4.74 Å². The van der Waals surface area contributed by atoms with Gasteiger partial charge in [-0.05, 0) is 18.2 Å². The predicted octanol–water partition coefficient (Wildman–Crippen LogP) is 1.90. The van der Waals surface area contributed by atoms with E-state index in [1.807, 2.05) is 0 Å². The van der Waals surface area contributed by atoms with Gasteiger partial charge in [0.2, 0.25) is 0 Å². The van der Waals surface area contributed by atoms with Crippen molar-refractivity contribution in [3.63, 3.8) is 0 Å². The number of carbonyl (C=O) groups excluding carboxylic acids is 2. The molecule has 0 amide bonds. The third kappa shape index (κ3) is 2.97. The first-order valence-corrected chi connectivity index (χ1v) is 5.12. The second-order valence-electron chi connectivity index (χ2n) is 2.90. The molecule has 0 spiro atoms. The van der Waals surface area contributed by atoms with Gasteiger partial charge in [0.15, 0.2) is 6.29 Å². The minimum absolute atomic E-state index is 0.299. The van der Waals surface area contributed by atoms with Crippen LogP contribution < -0.4 is 4.74 Å². The fraction of sp³-hybridized carbons (Fsp3) is 0.273. The molecule has 1 aromatic carbocycles. The lowest BCUT2D eigenvalue weighted by molar-refractivity contribution is 0.0600. The molecule has 0 fully saturated rings. The molecule has 0 aliphatic rings. The van der Waals surface area contributed by atoms with E-state index < -0.39 is 5.97 Å². The first-order chi connectivity index (χ1) is 7.72. The molecule has 0 saturated carbocycles. The van der Waals surface area contributed by atoms with Gasteiger partial charge in [0.05, 0.1) is 24.1 Å². The number of hydrogen-bond donors (Lipinski definition) is 0. The van der Waals surface area contributed by atoms with Gasteiger partial charge in [-0.25, -0.2) is 4.79 Å². The Kier molecular flexibility index (Phi) is 4.79. The van der Waals surface area contributed by atoms with Crippen molar-refractivity contribution in [3.8, 4) is 5.75 Å². The lowest BCUT2D eigenvalue weighted by Gasteiger charge is -2.07. The average molecular weight is 243 g/mol. The van der Waals surface area contributed by atoms with Gasteiger partial charge in [0.25, 0.3) is 0 Å². The Labute approximate surface area is 98.1 Å². The first kappa shape index (κ1) is 12.5. The average Bonchev–Trinajstić information content (AvgIpc) is 2.35. The van der Waals surface area contributed by atoms with Crippen LogP contribution in [0.15, 0.2) is 18.2 Å². The van der Waals surface area contributed by atoms with Crippen molar-refractivity contribution < 1.29 is 19.1 Å². The van der Waals surface area contributed by atoms with Crippen LogP contribution in [-0.4, -0.2) is 31.9 Å². The summed E-state index contributed by atoms with van der Waals surface area (Å²) in [6.07, 6.45) is 0.621. The van der Waals surface area contributed by atoms with Gasteiger partial charge < -0.3 is 9.47 Å². The zero-order valence-corrected chi connectivity index (χ0v) is 9.49. The minimum atomic E-state index is -0.494. The number of alkyl halides is 1. The normalized spacial score (nSPS) is 9.62. The molecule has 1 aromatic rings. The highest BCUT2D eigenvalue weighted by Gasteiger charge is 2.10. The summed E-state index contributed by atoms with van der Waals surface area (Å²) in [4.78, 5) is 22.0. The molecule has 1 rings (SSSR count). The maximum absolute atomic E-state index is 11.2. The number of methoxy groups -OCH3 is 1. The molecule has 0 aliphatic heterocycles. The molecular formula is C11H11ClO4. The molecule has 0 aliphatic carbocycles. The van der Waals surface area contributed by atoms with Crippen molar-refractivity contribution in [1.29, 1.82) is 0 Å². The molecule has 0 bridgehead atoms. The van der Waals surface area contributed by atoms with Crippen molar-refractivity contribution in [2.75, 3.05) is 19.6 Å². The summed E-state index contributed by atoms with van der Waals surface area (Å²) in [5, 5.41) is 0. The monoisotopic (exact) mass is 242 g/mol. The smallest absolute Gasteiger partial charge is 0.337 e. The lowest BCUT2D eigenvalue weighted by Crippen LogP contribution is -2.05. The third-order valence-corrected chi connectivity index (χ3v) is 2.05. The van der Waals surface area contributed by atoms with Crippen LogP contribution in [0.25, 0.3) is 0 Å². The van der Waals surface area contributed by atoms with Crippen LogP contribution in [-0.2, 0) is 4.74 Å². The zero-order chi connectivity index (χ0) is 12.0. The van der Waals surface area contributed by atoms with Crippen LogP contribution in [0, 0.1) is 0 Å². The van der Waals surface area contributed by atoms with Gasteiger partial charge in [-0.3, -0.25) is 4.79 Å². The summed E-state index contributed by atoms with van der Waals surface area (Å²) in [5.41, 5.74) is 0.607. The van der Waals surface area contributed by atoms with Crippen molar-refractivity contribution in [2.24, 2.45) is 0 Å². The van der Waals surface area contributed by atoms with Crippen molar-refractivity contribution >= 4 is 23.9 Å². The minimum Gasteiger partial charge on any atom is -0.492 e. The Morgan fingerprint density at radius 1 is 1.50 bits per heavy atom. The fourth-order valence-corrected chi connectivity index (χ4v) is 1.24. The maximum Gasteiger partial charge on any atom is 0.337 e. The first-order valence-electron chi connectivity index (χ1n) is 4.59. The molecule has 0 saturated heterocycles. The van der Waals surface area contributed by atoms with E-state index in [1.54, 1.807) is 6.07 Å². The van der Waals surface area contributed by atoms with Crippen LogP contribution in [0.5, 0.6) is 5.75 Å². The summed E-state index contributed by atoms with van der Waals surface area (Å²) >= 11 is 5.46. The molecule has 0 radical (unpaired) electrons. The molecular weight excluding hydrogens is 232 g/mol. The van der Waals surface area contributed by atoms with Crippen LogP contribution >= 0.6 is 11.6 Å². The molecule has 0 aromatic heterocycles. The standard InChI is InChI=1S/C11H11ClO4/c1-15-11(14)8-2-3-10(16-5-4-12)9(6-8)7-13/h2-3,6-7H,4-5H2,1H3. The van der Waals surface area contributed by atoms with Gasteiger partial charge in [0, 0.05) is 0 Å². The number of carbonyl (C=O) groups is 2. The maximum atomic E-state index is 11.2. The highest BCUT2D eigenvalue weighted by atomic mass is 35.5. The fourth-order valence-electron chi connectivity index (χ4n) is 1.17. The lowest BCUT2D eigenvalue weighted by atomic mass is 10.1. The predicted molar refractivity (Wildman–Crippen MR) is 59.4 cm³/mol. The highest BCUT2D eigenvalue weighted by molar-refractivity contribution is 6.18. The Hall–Kier alpha value is -1.55.